The number of hydrogen-bond donors (Lipinski definition) is 0. The Morgan fingerprint density at radius 1 is 1.36 bits per heavy atom. The molecule has 22 heavy (non-hydrogen) atoms. The van der Waals surface area contributed by atoms with Crippen LogP contribution in [0.4, 0.5) is 13.2 Å². The lowest BCUT2D eigenvalue weighted by Crippen LogP contribution is -2.42. The minimum atomic E-state index is -5.03. The summed E-state index contributed by atoms with van der Waals surface area (Å²) < 4.78 is 71.1. The standard InChI is InChI=1S/C11H7Cl2F3O5S/c12-10(4-5-20-10)21-9(17)6-2-1-3-7(11(14,15)16)8(6)22(13,18)19/h1-3H,4-5H2. The SMILES string of the molecule is O=C(OC1(Cl)CCO1)c1cccc(C(F)(F)F)c1S(=O)(=O)Cl. The number of rotatable bonds is 3. The van der Waals surface area contributed by atoms with Gasteiger partial charge in [-0.05, 0) is 23.7 Å². The van der Waals surface area contributed by atoms with E-state index in [0.717, 1.165) is 12.1 Å². The van der Waals surface area contributed by atoms with Crippen LogP contribution in [0.3, 0.4) is 0 Å². The fraction of sp³-hybridized carbons (Fsp3) is 0.364. The van der Waals surface area contributed by atoms with Crippen LogP contribution in [0.25, 0.3) is 0 Å². The number of benzene rings is 1. The maximum Gasteiger partial charge on any atom is 0.417 e. The molecule has 1 heterocycles. The van der Waals surface area contributed by atoms with E-state index in [-0.39, 0.29) is 13.0 Å². The zero-order valence-electron chi connectivity index (χ0n) is 10.5. The molecule has 2 rings (SSSR count). The predicted molar refractivity (Wildman–Crippen MR) is 69.1 cm³/mol. The smallest absolute Gasteiger partial charge is 0.414 e. The van der Waals surface area contributed by atoms with E-state index < -0.39 is 42.5 Å². The summed E-state index contributed by atoms with van der Waals surface area (Å²) in [6, 6.07) is 2.18. The highest BCUT2D eigenvalue weighted by Gasteiger charge is 2.44. The van der Waals surface area contributed by atoms with E-state index in [1.54, 1.807) is 0 Å². The summed E-state index contributed by atoms with van der Waals surface area (Å²) in [5.41, 5.74) is -2.45. The molecule has 5 nitrogen and oxygen atoms in total. The summed E-state index contributed by atoms with van der Waals surface area (Å²) in [5.74, 6) is -1.39. The molecule has 0 N–H and O–H groups in total. The molecule has 1 fully saturated rings. The molecule has 1 aromatic carbocycles. The van der Waals surface area contributed by atoms with Gasteiger partial charge >= 0.3 is 12.1 Å². The highest BCUT2D eigenvalue weighted by molar-refractivity contribution is 8.13. The van der Waals surface area contributed by atoms with Crippen LogP contribution in [-0.4, -0.2) is 26.2 Å². The summed E-state index contributed by atoms with van der Waals surface area (Å²) in [6.07, 6.45) is -4.92. The average Bonchev–Trinajstić information content (AvgIpc) is 2.33. The van der Waals surface area contributed by atoms with Gasteiger partial charge in [0.1, 0.15) is 4.90 Å². The lowest BCUT2D eigenvalue weighted by atomic mass is 10.1. The Balaban J connectivity index is 2.54. The third-order valence-corrected chi connectivity index (χ3v) is 4.51. The first-order valence-electron chi connectivity index (χ1n) is 5.65. The summed E-state index contributed by atoms with van der Waals surface area (Å²) in [7, 11) is 0.169. The van der Waals surface area contributed by atoms with Gasteiger partial charge in [0.25, 0.3) is 14.3 Å². The average molecular weight is 379 g/mol. The second-order valence-electron chi connectivity index (χ2n) is 4.27. The van der Waals surface area contributed by atoms with Crippen molar-refractivity contribution in [3.05, 3.63) is 29.3 Å². The van der Waals surface area contributed by atoms with E-state index in [1.807, 2.05) is 0 Å². The van der Waals surface area contributed by atoms with Crippen molar-refractivity contribution in [1.29, 1.82) is 0 Å². The molecule has 1 aliphatic heterocycles. The van der Waals surface area contributed by atoms with Gasteiger partial charge in [0.15, 0.2) is 0 Å². The fourth-order valence-electron chi connectivity index (χ4n) is 1.72. The Morgan fingerprint density at radius 3 is 2.36 bits per heavy atom. The quantitative estimate of drug-likeness (QED) is 0.459. The molecule has 0 aromatic heterocycles. The Kier molecular flexibility index (Phi) is 4.37. The second kappa shape index (κ2) is 5.55. The van der Waals surface area contributed by atoms with E-state index in [2.05, 4.69) is 4.74 Å². The molecule has 1 unspecified atom stereocenters. The Morgan fingerprint density at radius 2 is 1.95 bits per heavy atom. The van der Waals surface area contributed by atoms with Crippen LogP contribution in [-0.2, 0) is 24.7 Å². The van der Waals surface area contributed by atoms with Crippen LogP contribution in [0, 0.1) is 0 Å². The zero-order chi connectivity index (χ0) is 16.8. The zero-order valence-corrected chi connectivity index (χ0v) is 12.8. The van der Waals surface area contributed by atoms with Gasteiger partial charge in [-0.1, -0.05) is 6.07 Å². The molecule has 11 heteroatoms. The highest BCUT2D eigenvalue weighted by atomic mass is 35.7. The van der Waals surface area contributed by atoms with Crippen molar-refractivity contribution >= 4 is 37.3 Å². The summed E-state index contributed by atoms with van der Waals surface area (Å²) in [6.45, 7) is 0.194. The Hall–Kier alpha value is -1.03. The molecule has 0 aliphatic carbocycles. The number of carbonyl (C=O) groups is 1. The number of esters is 1. The molecule has 1 atom stereocenters. The Bertz CT molecular complexity index is 713. The summed E-state index contributed by atoms with van der Waals surface area (Å²) in [4.78, 5) is 10.5. The van der Waals surface area contributed by atoms with Crippen molar-refractivity contribution in [2.75, 3.05) is 6.61 Å². The van der Waals surface area contributed by atoms with Crippen LogP contribution in [0.5, 0.6) is 0 Å². The molecular formula is C11H7Cl2F3O5S. The maximum absolute atomic E-state index is 12.9. The molecule has 0 amide bonds. The minimum absolute atomic E-state index is 0.113. The van der Waals surface area contributed by atoms with E-state index in [4.69, 9.17) is 27.0 Å². The molecule has 0 saturated carbocycles. The van der Waals surface area contributed by atoms with E-state index >= 15 is 0 Å². The fourth-order valence-corrected chi connectivity index (χ4v) is 3.30. The highest BCUT2D eigenvalue weighted by Crippen LogP contribution is 2.39. The van der Waals surface area contributed by atoms with Gasteiger partial charge in [-0.15, -0.1) is 0 Å². The topological polar surface area (TPSA) is 69.7 Å². The largest absolute Gasteiger partial charge is 0.417 e. The third-order valence-electron chi connectivity index (χ3n) is 2.75. The van der Waals surface area contributed by atoms with Gasteiger partial charge < -0.3 is 9.47 Å². The van der Waals surface area contributed by atoms with E-state index in [9.17, 15) is 26.4 Å². The van der Waals surface area contributed by atoms with Crippen molar-refractivity contribution in [3.8, 4) is 0 Å². The van der Waals surface area contributed by atoms with Crippen molar-refractivity contribution < 1.29 is 35.9 Å². The van der Waals surface area contributed by atoms with Gasteiger partial charge in [0.2, 0.25) is 0 Å². The Labute approximate surface area is 132 Å². The van der Waals surface area contributed by atoms with Gasteiger partial charge in [-0.25, -0.2) is 13.2 Å². The normalized spacial score (nSPS) is 22.0. The number of halogens is 5. The van der Waals surface area contributed by atoms with Crippen LogP contribution >= 0.6 is 22.3 Å². The molecule has 122 valence electrons. The van der Waals surface area contributed by atoms with Crippen LogP contribution in [0.1, 0.15) is 22.3 Å². The molecule has 1 saturated heterocycles. The first-order chi connectivity index (χ1) is 9.94. The monoisotopic (exact) mass is 378 g/mol. The van der Waals surface area contributed by atoms with Crippen molar-refractivity contribution in [2.45, 2.75) is 22.7 Å². The van der Waals surface area contributed by atoms with Crippen molar-refractivity contribution in [2.24, 2.45) is 0 Å². The molecule has 1 aliphatic rings. The van der Waals surface area contributed by atoms with Crippen molar-refractivity contribution in [1.82, 2.24) is 0 Å². The number of hydrogen-bond acceptors (Lipinski definition) is 5. The first kappa shape index (κ1) is 17.3. The van der Waals surface area contributed by atoms with E-state index in [0.29, 0.717) is 6.07 Å². The minimum Gasteiger partial charge on any atom is -0.414 e. The number of ether oxygens (including phenoxy) is 2. The van der Waals surface area contributed by atoms with Gasteiger partial charge in [-0.2, -0.15) is 13.2 Å². The van der Waals surface area contributed by atoms with Gasteiger partial charge in [0.05, 0.1) is 24.2 Å². The van der Waals surface area contributed by atoms with Crippen LogP contribution < -0.4 is 0 Å². The number of alkyl halides is 4. The van der Waals surface area contributed by atoms with Gasteiger partial charge in [-0.3, -0.25) is 0 Å². The second-order valence-corrected chi connectivity index (χ2v) is 7.34. The number of carbonyl (C=O) groups excluding carboxylic acids is 1. The first-order valence-corrected chi connectivity index (χ1v) is 8.34. The summed E-state index contributed by atoms with van der Waals surface area (Å²) in [5, 5.41) is -1.81. The molecule has 0 spiro atoms. The molecule has 1 aromatic rings. The lowest BCUT2D eigenvalue weighted by molar-refractivity contribution is -0.220. The summed E-state index contributed by atoms with van der Waals surface area (Å²) >= 11 is 5.68. The van der Waals surface area contributed by atoms with Crippen LogP contribution in [0.15, 0.2) is 23.1 Å². The van der Waals surface area contributed by atoms with Crippen molar-refractivity contribution in [3.63, 3.8) is 0 Å². The lowest BCUT2D eigenvalue weighted by Gasteiger charge is -2.34. The van der Waals surface area contributed by atoms with Gasteiger partial charge in [0, 0.05) is 10.7 Å². The molecule has 0 radical (unpaired) electrons. The van der Waals surface area contributed by atoms with Crippen LogP contribution in [0.2, 0.25) is 0 Å². The molecular weight excluding hydrogens is 372 g/mol. The predicted octanol–water partition coefficient (Wildman–Crippen LogP) is 3.10. The third kappa shape index (κ3) is 3.48. The van der Waals surface area contributed by atoms with E-state index in [1.165, 1.54) is 0 Å². The maximum atomic E-state index is 12.9. The molecule has 0 bridgehead atoms.